The maximum atomic E-state index is 11.2. The van der Waals surface area contributed by atoms with Crippen molar-refractivity contribution < 1.29 is 9.53 Å². The van der Waals surface area contributed by atoms with E-state index in [1.807, 2.05) is 26.0 Å². The Kier molecular flexibility index (Phi) is 3.89. The summed E-state index contributed by atoms with van der Waals surface area (Å²) in [7, 11) is 1.66. The molecule has 1 rings (SSSR count). The van der Waals surface area contributed by atoms with Gasteiger partial charge in [-0.25, -0.2) is 0 Å². The quantitative estimate of drug-likeness (QED) is 0.757. The molecule has 0 aliphatic carbocycles. The molecular weight excluding hydrogens is 188 g/mol. The number of hydrogen-bond donors (Lipinski definition) is 0. The van der Waals surface area contributed by atoms with Gasteiger partial charge >= 0.3 is 0 Å². The minimum absolute atomic E-state index is 0.0562. The molecule has 0 fully saturated rings. The van der Waals surface area contributed by atoms with Gasteiger partial charge in [-0.3, -0.25) is 4.79 Å². The van der Waals surface area contributed by atoms with Crippen molar-refractivity contribution in [2.45, 2.75) is 27.2 Å². The number of carbonyl (C=O) groups excluding carboxylic acids is 1. The molecule has 0 saturated heterocycles. The normalized spacial score (nSPS) is 12.3. The van der Waals surface area contributed by atoms with Crippen LogP contribution in [0.15, 0.2) is 18.2 Å². The van der Waals surface area contributed by atoms with Crippen molar-refractivity contribution in [2.75, 3.05) is 7.11 Å². The van der Waals surface area contributed by atoms with E-state index in [-0.39, 0.29) is 11.7 Å². The van der Waals surface area contributed by atoms with Gasteiger partial charge in [0.05, 0.1) is 7.11 Å². The van der Waals surface area contributed by atoms with Gasteiger partial charge in [0.15, 0.2) is 0 Å². The lowest BCUT2D eigenvalue weighted by Crippen LogP contribution is -2.10. The zero-order valence-corrected chi connectivity index (χ0v) is 9.83. The topological polar surface area (TPSA) is 26.3 Å². The van der Waals surface area contributed by atoms with Gasteiger partial charge in [0.1, 0.15) is 11.5 Å². The molecule has 0 radical (unpaired) electrons. The Morgan fingerprint density at radius 2 is 2.13 bits per heavy atom. The fraction of sp³-hybridized carbons (Fsp3) is 0.462. The lowest BCUT2D eigenvalue weighted by atomic mass is 9.96. The first-order valence-corrected chi connectivity index (χ1v) is 5.18. The van der Waals surface area contributed by atoms with Gasteiger partial charge in [-0.1, -0.05) is 24.6 Å². The molecule has 0 heterocycles. The molecule has 0 aliphatic heterocycles. The van der Waals surface area contributed by atoms with E-state index >= 15 is 0 Å². The standard InChI is InChI=1S/C13H18O2/c1-9-5-6-13(15-4)12(7-9)8-10(2)11(3)14/h5-7,10H,8H2,1-4H3. The van der Waals surface area contributed by atoms with E-state index in [9.17, 15) is 4.79 Å². The lowest BCUT2D eigenvalue weighted by Gasteiger charge is -2.12. The van der Waals surface area contributed by atoms with Crippen LogP contribution in [-0.4, -0.2) is 12.9 Å². The molecule has 82 valence electrons. The zero-order valence-electron chi connectivity index (χ0n) is 9.83. The third-order valence-corrected chi connectivity index (χ3v) is 2.66. The smallest absolute Gasteiger partial charge is 0.132 e. The first-order valence-electron chi connectivity index (χ1n) is 5.18. The summed E-state index contributed by atoms with van der Waals surface area (Å²) in [5.41, 5.74) is 2.31. The van der Waals surface area contributed by atoms with Crippen LogP contribution in [0, 0.1) is 12.8 Å². The van der Waals surface area contributed by atoms with E-state index in [0.29, 0.717) is 0 Å². The van der Waals surface area contributed by atoms with E-state index in [2.05, 4.69) is 6.07 Å². The van der Waals surface area contributed by atoms with Crippen molar-refractivity contribution in [1.82, 2.24) is 0 Å². The summed E-state index contributed by atoms with van der Waals surface area (Å²) >= 11 is 0. The molecule has 0 bridgehead atoms. The Morgan fingerprint density at radius 3 is 2.67 bits per heavy atom. The number of Topliss-reactive ketones (excluding diaryl/α,β-unsaturated/α-hetero) is 1. The Bertz CT molecular complexity index is 356. The van der Waals surface area contributed by atoms with E-state index in [1.165, 1.54) is 5.56 Å². The maximum Gasteiger partial charge on any atom is 0.132 e. The molecule has 1 atom stereocenters. The van der Waals surface area contributed by atoms with Crippen molar-refractivity contribution in [3.05, 3.63) is 29.3 Å². The molecular formula is C13H18O2. The van der Waals surface area contributed by atoms with Gasteiger partial charge in [-0.05, 0) is 31.9 Å². The molecule has 0 aromatic heterocycles. The van der Waals surface area contributed by atoms with Crippen LogP contribution in [0.4, 0.5) is 0 Å². The molecule has 0 aliphatic rings. The second-order valence-corrected chi connectivity index (χ2v) is 4.03. The number of carbonyl (C=O) groups is 1. The largest absolute Gasteiger partial charge is 0.496 e. The van der Waals surface area contributed by atoms with Crippen LogP contribution in [-0.2, 0) is 11.2 Å². The molecule has 1 aromatic carbocycles. The number of methoxy groups -OCH3 is 1. The highest BCUT2D eigenvalue weighted by atomic mass is 16.5. The predicted octanol–water partition coefficient (Wildman–Crippen LogP) is 2.77. The molecule has 2 nitrogen and oxygen atoms in total. The molecule has 0 saturated carbocycles. The Balaban J connectivity index is 2.91. The molecule has 0 N–H and O–H groups in total. The second-order valence-electron chi connectivity index (χ2n) is 4.03. The van der Waals surface area contributed by atoms with Crippen molar-refractivity contribution in [2.24, 2.45) is 5.92 Å². The number of aryl methyl sites for hydroxylation is 1. The van der Waals surface area contributed by atoms with Crippen molar-refractivity contribution in [3.63, 3.8) is 0 Å². The van der Waals surface area contributed by atoms with Gasteiger partial charge < -0.3 is 4.74 Å². The Labute approximate surface area is 91.3 Å². The molecule has 1 unspecified atom stereocenters. The first-order chi connectivity index (χ1) is 7.04. The number of ether oxygens (including phenoxy) is 1. The van der Waals surface area contributed by atoms with Gasteiger partial charge in [0.2, 0.25) is 0 Å². The van der Waals surface area contributed by atoms with Crippen LogP contribution in [0.5, 0.6) is 5.75 Å². The third kappa shape index (κ3) is 3.08. The number of hydrogen-bond acceptors (Lipinski definition) is 2. The van der Waals surface area contributed by atoms with E-state index in [0.717, 1.165) is 17.7 Å². The Hall–Kier alpha value is -1.31. The molecule has 15 heavy (non-hydrogen) atoms. The van der Waals surface area contributed by atoms with Crippen LogP contribution in [0.1, 0.15) is 25.0 Å². The van der Waals surface area contributed by atoms with Crippen molar-refractivity contribution >= 4 is 5.78 Å². The van der Waals surface area contributed by atoms with Crippen LogP contribution in [0.3, 0.4) is 0 Å². The summed E-state index contributed by atoms with van der Waals surface area (Å²) in [6.45, 7) is 5.62. The van der Waals surface area contributed by atoms with Gasteiger partial charge in [0, 0.05) is 5.92 Å². The van der Waals surface area contributed by atoms with E-state index < -0.39 is 0 Å². The van der Waals surface area contributed by atoms with Gasteiger partial charge in [-0.2, -0.15) is 0 Å². The molecule has 0 amide bonds. The highest BCUT2D eigenvalue weighted by molar-refractivity contribution is 5.78. The zero-order chi connectivity index (χ0) is 11.4. The third-order valence-electron chi connectivity index (χ3n) is 2.66. The van der Waals surface area contributed by atoms with Gasteiger partial charge in [0.25, 0.3) is 0 Å². The summed E-state index contributed by atoms with van der Waals surface area (Å²) in [6.07, 6.45) is 0.750. The maximum absolute atomic E-state index is 11.2. The van der Waals surface area contributed by atoms with Crippen molar-refractivity contribution in [1.29, 1.82) is 0 Å². The average molecular weight is 206 g/mol. The SMILES string of the molecule is COc1ccc(C)cc1CC(C)C(C)=O. The van der Waals surface area contributed by atoms with E-state index in [1.54, 1.807) is 14.0 Å². The number of benzene rings is 1. The predicted molar refractivity (Wildman–Crippen MR) is 61.3 cm³/mol. The van der Waals surface area contributed by atoms with E-state index in [4.69, 9.17) is 4.74 Å². The fourth-order valence-electron chi connectivity index (χ4n) is 1.54. The summed E-state index contributed by atoms with van der Waals surface area (Å²) < 4.78 is 5.27. The van der Waals surface area contributed by atoms with Gasteiger partial charge in [-0.15, -0.1) is 0 Å². The summed E-state index contributed by atoms with van der Waals surface area (Å²) in [6, 6.07) is 6.05. The summed E-state index contributed by atoms with van der Waals surface area (Å²) in [4.78, 5) is 11.2. The number of rotatable bonds is 4. The second kappa shape index (κ2) is 4.96. The highest BCUT2D eigenvalue weighted by Gasteiger charge is 2.11. The van der Waals surface area contributed by atoms with Crippen LogP contribution >= 0.6 is 0 Å². The highest BCUT2D eigenvalue weighted by Crippen LogP contribution is 2.22. The number of ketones is 1. The Morgan fingerprint density at radius 1 is 1.47 bits per heavy atom. The average Bonchev–Trinajstić information content (AvgIpc) is 2.18. The van der Waals surface area contributed by atoms with Crippen LogP contribution in [0.25, 0.3) is 0 Å². The molecule has 0 spiro atoms. The van der Waals surface area contributed by atoms with Crippen molar-refractivity contribution in [3.8, 4) is 5.75 Å². The fourth-order valence-corrected chi connectivity index (χ4v) is 1.54. The first kappa shape index (κ1) is 11.8. The molecule has 2 heteroatoms. The monoisotopic (exact) mass is 206 g/mol. The minimum atomic E-state index is 0.0562. The summed E-state index contributed by atoms with van der Waals surface area (Å²) in [5.74, 6) is 1.15. The van der Waals surface area contributed by atoms with Crippen LogP contribution < -0.4 is 4.74 Å². The molecule has 1 aromatic rings. The summed E-state index contributed by atoms with van der Waals surface area (Å²) in [5, 5.41) is 0. The lowest BCUT2D eigenvalue weighted by molar-refractivity contribution is -0.120. The minimum Gasteiger partial charge on any atom is -0.496 e. The van der Waals surface area contributed by atoms with Crippen LogP contribution in [0.2, 0.25) is 0 Å².